The van der Waals surface area contributed by atoms with Crippen LogP contribution in [-0.4, -0.2) is 17.5 Å². The molecule has 3 aromatic rings. The van der Waals surface area contributed by atoms with Crippen LogP contribution in [0.4, 0.5) is 26.0 Å². The average molecular weight is 425 g/mol. The molecule has 0 aliphatic carbocycles. The number of nitrogens with two attached hydrogens (primary N) is 4. The van der Waals surface area contributed by atoms with E-state index in [-0.39, 0.29) is 59.7 Å². The Morgan fingerprint density at radius 1 is 1.29 bits per heavy atom. The van der Waals surface area contributed by atoms with Gasteiger partial charge in [-0.05, 0) is 12.1 Å². The zero-order valence-corrected chi connectivity index (χ0v) is 15.4. The first kappa shape index (κ1) is 19.4. The van der Waals surface area contributed by atoms with Crippen molar-refractivity contribution < 1.29 is 18.3 Å². The molecule has 0 fully saturated rings. The molecule has 0 bridgehead atoms. The second-order valence-corrected chi connectivity index (χ2v) is 6.84. The minimum Gasteiger partial charge on any atom is -0.433 e. The minimum absolute atomic E-state index is 0.00551. The standard InChI is InChI=1S/C16H11ClF2N6O2S/c17-9-4(1-2-6(10(9)21)27-16(18)19)7-5(3-20)13(23)25-15-8(7)11(22)12(28-15)14(24)26/h1-2,16H,21-22H2,(H2,23,25)(H2,24,26). The lowest BCUT2D eigenvalue weighted by Gasteiger charge is -2.15. The van der Waals surface area contributed by atoms with Crippen molar-refractivity contribution in [2.45, 2.75) is 6.61 Å². The molecule has 8 N–H and O–H groups in total. The number of nitriles is 1. The number of fused-ring (bicyclic) bond motifs is 1. The minimum atomic E-state index is -3.10. The number of nitrogens with zero attached hydrogens (tertiary/aromatic N) is 2. The van der Waals surface area contributed by atoms with E-state index in [4.69, 9.17) is 34.5 Å². The first-order chi connectivity index (χ1) is 13.2. The highest BCUT2D eigenvalue weighted by Gasteiger charge is 2.25. The van der Waals surface area contributed by atoms with Gasteiger partial charge in [0, 0.05) is 16.5 Å². The number of pyridine rings is 1. The van der Waals surface area contributed by atoms with Crippen LogP contribution < -0.4 is 27.7 Å². The Kier molecular flexibility index (Phi) is 4.84. The molecule has 0 spiro atoms. The summed E-state index contributed by atoms with van der Waals surface area (Å²) in [4.78, 5) is 16.0. The van der Waals surface area contributed by atoms with Crippen molar-refractivity contribution in [2.75, 3.05) is 17.2 Å². The van der Waals surface area contributed by atoms with Crippen LogP contribution in [-0.2, 0) is 0 Å². The number of alkyl halides is 2. The van der Waals surface area contributed by atoms with E-state index in [0.29, 0.717) is 0 Å². The van der Waals surface area contributed by atoms with E-state index in [1.165, 1.54) is 12.1 Å². The Labute approximate surface area is 165 Å². The van der Waals surface area contributed by atoms with Gasteiger partial charge >= 0.3 is 6.61 Å². The topological polar surface area (TPSA) is 167 Å². The van der Waals surface area contributed by atoms with Crippen molar-refractivity contribution in [2.24, 2.45) is 5.73 Å². The summed E-state index contributed by atoms with van der Waals surface area (Å²) in [5.41, 5.74) is 23.1. The highest BCUT2D eigenvalue weighted by Crippen LogP contribution is 2.47. The molecule has 0 unspecified atom stereocenters. The zero-order valence-electron chi connectivity index (χ0n) is 13.8. The number of nitrogen functional groups attached to an aromatic ring is 3. The normalized spacial score (nSPS) is 11.0. The van der Waals surface area contributed by atoms with Crippen LogP contribution >= 0.6 is 22.9 Å². The quantitative estimate of drug-likeness (QED) is 0.467. The lowest BCUT2D eigenvalue weighted by atomic mass is 9.96. The number of amides is 1. The molecular weight excluding hydrogens is 414 g/mol. The molecule has 28 heavy (non-hydrogen) atoms. The molecule has 0 aliphatic heterocycles. The van der Waals surface area contributed by atoms with Gasteiger partial charge in [-0.1, -0.05) is 11.6 Å². The fraction of sp³-hybridized carbons (Fsp3) is 0.0625. The van der Waals surface area contributed by atoms with Crippen molar-refractivity contribution in [3.63, 3.8) is 0 Å². The molecule has 3 rings (SSSR count). The molecule has 0 aliphatic rings. The van der Waals surface area contributed by atoms with Crippen molar-refractivity contribution in [3.8, 4) is 22.9 Å². The number of halogens is 3. The molecule has 8 nitrogen and oxygen atoms in total. The third-order valence-corrected chi connectivity index (χ3v) is 5.39. The number of carbonyl (C=O) groups excluding carboxylic acids is 1. The van der Waals surface area contributed by atoms with Crippen LogP contribution in [0.1, 0.15) is 15.2 Å². The highest BCUT2D eigenvalue weighted by molar-refractivity contribution is 7.21. The number of ether oxygens (including phenoxy) is 1. The number of aromatic nitrogens is 1. The molecule has 0 saturated heterocycles. The molecule has 0 saturated carbocycles. The van der Waals surface area contributed by atoms with Gasteiger partial charge in [0.2, 0.25) is 0 Å². The molecule has 1 amide bonds. The van der Waals surface area contributed by atoms with Gasteiger partial charge in [0.15, 0.2) is 5.75 Å². The molecule has 0 atom stereocenters. The Hall–Kier alpha value is -3.36. The van der Waals surface area contributed by atoms with Gasteiger partial charge in [-0.2, -0.15) is 14.0 Å². The fourth-order valence-electron chi connectivity index (χ4n) is 2.70. The summed E-state index contributed by atoms with van der Waals surface area (Å²) in [5, 5.41) is 9.63. The highest BCUT2D eigenvalue weighted by atomic mass is 35.5. The van der Waals surface area contributed by atoms with E-state index in [0.717, 1.165) is 11.3 Å². The van der Waals surface area contributed by atoms with E-state index in [2.05, 4.69) is 9.72 Å². The monoisotopic (exact) mass is 424 g/mol. The lowest BCUT2D eigenvalue weighted by Crippen LogP contribution is -2.10. The number of rotatable bonds is 4. The first-order valence-electron chi connectivity index (χ1n) is 7.41. The molecular formula is C16H11ClF2N6O2S. The van der Waals surface area contributed by atoms with E-state index < -0.39 is 12.5 Å². The van der Waals surface area contributed by atoms with E-state index in [1.807, 2.05) is 6.07 Å². The summed E-state index contributed by atoms with van der Waals surface area (Å²) >= 11 is 7.17. The summed E-state index contributed by atoms with van der Waals surface area (Å²) in [7, 11) is 0. The lowest BCUT2D eigenvalue weighted by molar-refractivity contribution is -0.0493. The number of hydrogen-bond donors (Lipinski definition) is 4. The maximum Gasteiger partial charge on any atom is 0.387 e. The number of hydrogen-bond acceptors (Lipinski definition) is 8. The van der Waals surface area contributed by atoms with Crippen LogP contribution in [0, 0.1) is 11.3 Å². The molecule has 2 heterocycles. The van der Waals surface area contributed by atoms with Crippen molar-refractivity contribution in [1.82, 2.24) is 4.98 Å². The summed E-state index contributed by atoms with van der Waals surface area (Å²) in [5.74, 6) is -1.25. The average Bonchev–Trinajstić information content (AvgIpc) is 2.94. The first-order valence-corrected chi connectivity index (χ1v) is 8.61. The number of carbonyl (C=O) groups is 1. The largest absolute Gasteiger partial charge is 0.433 e. The predicted octanol–water partition coefficient (Wildman–Crippen LogP) is 2.94. The van der Waals surface area contributed by atoms with Gasteiger partial charge in [-0.3, -0.25) is 4.79 Å². The van der Waals surface area contributed by atoms with Crippen LogP contribution in [0.5, 0.6) is 5.75 Å². The smallest absolute Gasteiger partial charge is 0.387 e. The predicted molar refractivity (Wildman–Crippen MR) is 103 cm³/mol. The van der Waals surface area contributed by atoms with E-state index in [1.54, 1.807) is 0 Å². The van der Waals surface area contributed by atoms with Gasteiger partial charge in [0.25, 0.3) is 5.91 Å². The zero-order chi connectivity index (χ0) is 20.7. The summed E-state index contributed by atoms with van der Waals surface area (Å²) in [6.07, 6.45) is 0. The fourth-order valence-corrected chi connectivity index (χ4v) is 3.92. The van der Waals surface area contributed by atoms with Crippen molar-refractivity contribution in [3.05, 3.63) is 27.6 Å². The van der Waals surface area contributed by atoms with Crippen molar-refractivity contribution in [1.29, 1.82) is 5.26 Å². The third kappa shape index (κ3) is 2.98. The summed E-state index contributed by atoms with van der Waals surface area (Å²) in [6, 6.07) is 4.40. The number of benzene rings is 1. The third-order valence-electron chi connectivity index (χ3n) is 3.87. The maximum absolute atomic E-state index is 12.5. The second-order valence-electron chi connectivity index (χ2n) is 5.47. The number of thiophene rings is 1. The Morgan fingerprint density at radius 2 is 1.96 bits per heavy atom. The summed E-state index contributed by atoms with van der Waals surface area (Å²) in [6.45, 7) is -3.10. The molecule has 144 valence electrons. The van der Waals surface area contributed by atoms with Crippen LogP contribution in [0.3, 0.4) is 0 Å². The van der Waals surface area contributed by atoms with Crippen molar-refractivity contribution >= 4 is 56.3 Å². The molecule has 2 aromatic heterocycles. The summed E-state index contributed by atoms with van der Waals surface area (Å²) < 4.78 is 29.4. The maximum atomic E-state index is 12.5. The van der Waals surface area contributed by atoms with Crippen LogP contribution in [0.2, 0.25) is 5.02 Å². The molecule has 12 heteroatoms. The number of anilines is 3. The van der Waals surface area contributed by atoms with Crippen LogP contribution in [0.15, 0.2) is 12.1 Å². The van der Waals surface area contributed by atoms with E-state index >= 15 is 0 Å². The van der Waals surface area contributed by atoms with Gasteiger partial charge in [0.05, 0.1) is 16.4 Å². The SMILES string of the molecule is N#Cc1c(N)nc2sc(C(N)=O)c(N)c2c1-c1ccc(OC(F)F)c(N)c1Cl. The Bertz CT molecular complexity index is 1170. The molecule has 1 aromatic carbocycles. The van der Waals surface area contributed by atoms with E-state index in [9.17, 15) is 18.8 Å². The van der Waals surface area contributed by atoms with Crippen LogP contribution in [0.25, 0.3) is 21.3 Å². The molecule has 0 radical (unpaired) electrons. The Balaban J connectivity index is 2.42. The van der Waals surface area contributed by atoms with Gasteiger partial charge in [-0.15, -0.1) is 11.3 Å². The van der Waals surface area contributed by atoms with Gasteiger partial charge in [-0.25, -0.2) is 4.98 Å². The van der Waals surface area contributed by atoms with Gasteiger partial charge < -0.3 is 27.7 Å². The second kappa shape index (κ2) is 6.99. The Morgan fingerprint density at radius 3 is 2.54 bits per heavy atom. The van der Waals surface area contributed by atoms with Gasteiger partial charge in [0.1, 0.15) is 27.2 Å². The number of primary amides is 1.